The normalized spacial score (nSPS) is 11.3. The summed E-state index contributed by atoms with van der Waals surface area (Å²) in [7, 11) is 4.12. The Labute approximate surface area is 142 Å². The maximum atomic E-state index is 12.5. The molecule has 6 heteroatoms. The predicted molar refractivity (Wildman–Crippen MR) is 92.7 cm³/mol. The third-order valence-electron chi connectivity index (χ3n) is 3.58. The number of benzene rings is 1. The fourth-order valence-corrected chi connectivity index (χ4v) is 2.52. The van der Waals surface area contributed by atoms with Crippen LogP contribution in [0.2, 0.25) is 5.02 Å². The second kappa shape index (κ2) is 7.62. The quantitative estimate of drug-likeness (QED) is 0.841. The summed E-state index contributed by atoms with van der Waals surface area (Å²) in [5.74, 6) is 0.101. The van der Waals surface area contributed by atoms with Gasteiger partial charge in [0.15, 0.2) is 0 Å². The van der Waals surface area contributed by atoms with E-state index in [1.807, 2.05) is 28.9 Å². The van der Waals surface area contributed by atoms with Crippen molar-refractivity contribution in [3.05, 3.63) is 46.7 Å². The molecular formula is C17H24ClN4O+. The van der Waals surface area contributed by atoms with E-state index in [2.05, 4.69) is 38.4 Å². The molecule has 0 aliphatic heterocycles. The third kappa shape index (κ3) is 4.33. The minimum atomic E-state index is -0.0739. The Morgan fingerprint density at radius 2 is 1.96 bits per heavy atom. The number of nitrogens with one attached hydrogen (secondary N) is 2. The first-order valence-corrected chi connectivity index (χ1v) is 8.19. The average molecular weight is 336 g/mol. The highest BCUT2D eigenvalue weighted by atomic mass is 35.5. The monoisotopic (exact) mass is 335 g/mol. The number of carbonyl (C=O) groups is 1. The minimum Gasteiger partial charge on any atom is -0.346 e. The first kappa shape index (κ1) is 17.5. The van der Waals surface area contributed by atoms with E-state index in [4.69, 9.17) is 11.6 Å². The van der Waals surface area contributed by atoms with Gasteiger partial charge in [0, 0.05) is 5.02 Å². The molecule has 0 fully saturated rings. The molecule has 2 rings (SSSR count). The largest absolute Gasteiger partial charge is 0.346 e. The van der Waals surface area contributed by atoms with Crippen molar-refractivity contribution in [2.75, 3.05) is 27.2 Å². The number of hydrogen-bond donors (Lipinski definition) is 2. The van der Waals surface area contributed by atoms with E-state index in [0.29, 0.717) is 17.1 Å². The van der Waals surface area contributed by atoms with Crippen LogP contribution in [0.3, 0.4) is 0 Å². The van der Waals surface area contributed by atoms with Gasteiger partial charge in [-0.3, -0.25) is 4.79 Å². The summed E-state index contributed by atoms with van der Waals surface area (Å²) in [5, 5.41) is 8.05. The zero-order valence-corrected chi connectivity index (χ0v) is 14.8. The highest BCUT2D eigenvalue weighted by Crippen LogP contribution is 2.23. The Kier molecular flexibility index (Phi) is 5.80. The summed E-state index contributed by atoms with van der Waals surface area (Å²) in [4.78, 5) is 13.8. The third-order valence-corrected chi connectivity index (χ3v) is 3.83. The van der Waals surface area contributed by atoms with Gasteiger partial charge in [0.2, 0.25) is 0 Å². The summed E-state index contributed by atoms with van der Waals surface area (Å²) in [6.45, 7) is 5.65. The van der Waals surface area contributed by atoms with E-state index >= 15 is 0 Å². The maximum absolute atomic E-state index is 12.5. The van der Waals surface area contributed by atoms with Crippen molar-refractivity contribution in [2.24, 2.45) is 0 Å². The van der Waals surface area contributed by atoms with Crippen molar-refractivity contribution in [2.45, 2.75) is 19.8 Å². The molecule has 2 N–H and O–H groups in total. The summed E-state index contributed by atoms with van der Waals surface area (Å²) < 4.78 is 1.81. The van der Waals surface area contributed by atoms with Crippen LogP contribution in [0.25, 0.3) is 5.69 Å². The van der Waals surface area contributed by atoms with Crippen LogP contribution >= 0.6 is 11.6 Å². The SMILES string of the molecule is CC(C)c1c(C(=O)NCC[NH+](C)C)cnn1-c1ccc(Cl)cc1. The molecule has 0 saturated heterocycles. The Hall–Kier alpha value is -1.85. The van der Waals surface area contributed by atoms with E-state index in [-0.39, 0.29) is 11.8 Å². The van der Waals surface area contributed by atoms with Gasteiger partial charge in [0.1, 0.15) is 0 Å². The first-order chi connectivity index (χ1) is 10.9. The molecule has 1 aromatic carbocycles. The average Bonchev–Trinajstić information content (AvgIpc) is 2.92. The van der Waals surface area contributed by atoms with Crippen LogP contribution in [0.15, 0.2) is 30.5 Å². The van der Waals surface area contributed by atoms with Gasteiger partial charge in [0.25, 0.3) is 5.91 Å². The predicted octanol–water partition coefficient (Wildman–Crippen LogP) is 1.52. The molecule has 0 aliphatic carbocycles. The van der Waals surface area contributed by atoms with Crippen molar-refractivity contribution in [3.63, 3.8) is 0 Å². The van der Waals surface area contributed by atoms with Crippen LogP contribution in [-0.2, 0) is 0 Å². The first-order valence-electron chi connectivity index (χ1n) is 7.81. The molecule has 0 atom stereocenters. The van der Waals surface area contributed by atoms with Gasteiger partial charge in [-0.1, -0.05) is 25.4 Å². The molecule has 23 heavy (non-hydrogen) atoms. The number of amides is 1. The molecule has 0 saturated carbocycles. The highest BCUT2D eigenvalue weighted by Gasteiger charge is 2.20. The van der Waals surface area contributed by atoms with Crippen molar-refractivity contribution >= 4 is 17.5 Å². The Balaban J connectivity index is 2.28. The number of hydrogen-bond acceptors (Lipinski definition) is 2. The molecule has 1 aromatic heterocycles. The Morgan fingerprint density at radius 3 is 2.52 bits per heavy atom. The van der Waals surface area contributed by atoms with Gasteiger partial charge in [-0.05, 0) is 30.2 Å². The van der Waals surface area contributed by atoms with E-state index in [0.717, 1.165) is 17.9 Å². The topological polar surface area (TPSA) is 51.4 Å². The van der Waals surface area contributed by atoms with Gasteiger partial charge in [-0.15, -0.1) is 0 Å². The van der Waals surface area contributed by atoms with Crippen molar-refractivity contribution in [3.8, 4) is 5.69 Å². The lowest BCUT2D eigenvalue weighted by atomic mass is 10.1. The van der Waals surface area contributed by atoms with Crippen LogP contribution in [0, 0.1) is 0 Å². The molecule has 1 amide bonds. The number of likely N-dealkylation sites (N-methyl/N-ethyl adjacent to an activating group) is 1. The molecule has 0 spiro atoms. The van der Waals surface area contributed by atoms with E-state index < -0.39 is 0 Å². The second-order valence-electron chi connectivity index (χ2n) is 6.20. The summed E-state index contributed by atoms with van der Waals surface area (Å²) in [5.41, 5.74) is 2.43. The van der Waals surface area contributed by atoms with E-state index in [9.17, 15) is 4.79 Å². The van der Waals surface area contributed by atoms with Gasteiger partial charge < -0.3 is 10.2 Å². The van der Waals surface area contributed by atoms with Crippen LogP contribution in [0.4, 0.5) is 0 Å². The summed E-state index contributed by atoms with van der Waals surface area (Å²) in [6.07, 6.45) is 1.64. The number of nitrogens with zero attached hydrogens (tertiary/aromatic N) is 2. The minimum absolute atomic E-state index is 0.0739. The Bertz CT molecular complexity index is 662. The molecule has 124 valence electrons. The maximum Gasteiger partial charge on any atom is 0.254 e. The molecule has 0 radical (unpaired) electrons. The smallest absolute Gasteiger partial charge is 0.254 e. The lowest BCUT2D eigenvalue weighted by molar-refractivity contribution is -0.856. The zero-order valence-electron chi connectivity index (χ0n) is 14.1. The second-order valence-corrected chi connectivity index (χ2v) is 6.64. The van der Waals surface area contributed by atoms with Gasteiger partial charge in [0.05, 0.1) is 50.3 Å². The van der Waals surface area contributed by atoms with Gasteiger partial charge in [-0.2, -0.15) is 5.10 Å². The van der Waals surface area contributed by atoms with Crippen molar-refractivity contribution in [1.82, 2.24) is 15.1 Å². The zero-order chi connectivity index (χ0) is 17.0. The summed E-state index contributed by atoms with van der Waals surface area (Å²) >= 11 is 5.94. The van der Waals surface area contributed by atoms with Crippen LogP contribution in [0.1, 0.15) is 35.8 Å². The summed E-state index contributed by atoms with van der Waals surface area (Å²) in [6, 6.07) is 7.45. The molecular weight excluding hydrogens is 312 g/mol. The number of carbonyl (C=O) groups excluding carboxylic acids is 1. The fourth-order valence-electron chi connectivity index (χ4n) is 2.40. The number of quaternary nitrogens is 1. The molecule has 2 aromatic rings. The Morgan fingerprint density at radius 1 is 1.30 bits per heavy atom. The molecule has 5 nitrogen and oxygen atoms in total. The van der Waals surface area contributed by atoms with Crippen molar-refractivity contribution < 1.29 is 9.69 Å². The standard InChI is InChI=1S/C17H23ClN4O/c1-12(2)16-15(17(23)19-9-10-21(3)4)11-20-22(16)14-7-5-13(18)6-8-14/h5-8,11-12H,9-10H2,1-4H3,(H,19,23)/p+1. The molecule has 0 unspecified atom stereocenters. The van der Waals surface area contributed by atoms with E-state index in [1.54, 1.807) is 6.20 Å². The fraction of sp³-hybridized carbons (Fsp3) is 0.412. The van der Waals surface area contributed by atoms with Crippen LogP contribution in [-0.4, -0.2) is 42.9 Å². The van der Waals surface area contributed by atoms with E-state index in [1.165, 1.54) is 4.90 Å². The van der Waals surface area contributed by atoms with Crippen LogP contribution in [0.5, 0.6) is 0 Å². The van der Waals surface area contributed by atoms with Gasteiger partial charge >= 0.3 is 0 Å². The number of halogens is 1. The number of rotatable bonds is 6. The highest BCUT2D eigenvalue weighted by molar-refractivity contribution is 6.30. The molecule has 0 aliphatic rings. The van der Waals surface area contributed by atoms with Crippen molar-refractivity contribution in [1.29, 1.82) is 0 Å². The molecule has 1 heterocycles. The van der Waals surface area contributed by atoms with Gasteiger partial charge in [-0.25, -0.2) is 4.68 Å². The van der Waals surface area contributed by atoms with Crippen LogP contribution < -0.4 is 10.2 Å². The lowest BCUT2D eigenvalue weighted by Crippen LogP contribution is -3.06. The lowest BCUT2D eigenvalue weighted by Gasteiger charge is -2.13. The number of aromatic nitrogens is 2. The molecule has 0 bridgehead atoms.